The molecule has 96 valence electrons. The van der Waals surface area contributed by atoms with Crippen LogP contribution in [0, 0.1) is 0 Å². The Hall–Kier alpha value is -1.72. The number of para-hydroxylation sites is 1. The minimum absolute atomic E-state index is 0.0855. The average Bonchev–Trinajstić information content (AvgIpc) is 2.89. The summed E-state index contributed by atoms with van der Waals surface area (Å²) in [4.78, 5) is 1.60. The lowest BCUT2D eigenvalue weighted by atomic mass is 10.1. The molecule has 1 atom stereocenters. The maximum Gasteiger partial charge on any atom is 0.0998 e. The van der Waals surface area contributed by atoms with E-state index in [1.165, 1.54) is 0 Å². The fourth-order valence-corrected chi connectivity index (χ4v) is 1.73. The molecule has 1 aromatic heterocycles. The highest BCUT2D eigenvalue weighted by Crippen LogP contribution is 2.13. The molecule has 0 fully saturated rings. The molecule has 2 N–H and O–H groups in total. The average molecular weight is 246 g/mol. The van der Waals surface area contributed by atoms with E-state index >= 15 is 0 Å². The van der Waals surface area contributed by atoms with Gasteiger partial charge in [0, 0.05) is 13.7 Å². The molecule has 0 spiro atoms. The molecule has 5 heteroatoms. The number of methoxy groups -OCH3 is 1. The first-order valence-electron chi connectivity index (χ1n) is 6.03. The van der Waals surface area contributed by atoms with Gasteiger partial charge in [-0.1, -0.05) is 18.2 Å². The first-order chi connectivity index (χ1) is 8.81. The van der Waals surface area contributed by atoms with Crippen LogP contribution in [0.3, 0.4) is 0 Å². The number of nitrogens with zero attached hydrogens (tertiary/aromatic N) is 3. The van der Waals surface area contributed by atoms with Crippen LogP contribution in [-0.4, -0.2) is 28.7 Å². The topological polar surface area (TPSA) is 66.0 Å². The zero-order valence-electron chi connectivity index (χ0n) is 10.5. The van der Waals surface area contributed by atoms with Gasteiger partial charge >= 0.3 is 0 Å². The molecular formula is C13H18N4O. The summed E-state index contributed by atoms with van der Waals surface area (Å²) >= 11 is 0. The molecule has 0 saturated carbocycles. The zero-order valence-corrected chi connectivity index (χ0v) is 10.5. The predicted octanol–water partition coefficient (Wildman–Crippen LogP) is 1.69. The third kappa shape index (κ3) is 3.15. The lowest BCUT2D eigenvalue weighted by molar-refractivity contribution is 0.190. The monoisotopic (exact) mass is 246 g/mol. The molecule has 0 aliphatic rings. The van der Waals surface area contributed by atoms with Crippen molar-refractivity contribution >= 4 is 0 Å². The van der Waals surface area contributed by atoms with Gasteiger partial charge in [0.05, 0.1) is 23.6 Å². The molecule has 1 unspecified atom stereocenters. The van der Waals surface area contributed by atoms with Gasteiger partial charge in [-0.2, -0.15) is 15.0 Å². The lowest BCUT2D eigenvalue weighted by Crippen LogP contribution is -2.12. The van der Waals surface area contributed by atoms with Gasteiger partial charge in [0.25, 0.3) is 0 Å². The Morgan fingerprint density at radius 2 is 2.11 bits per heavy atom. The van der Waals surface area contributed by atoms with Crippen molar-refractivity contribution in [1.82, 2.24) is 15.0 Å². The summed E-state index contributed by atoms with van der Waals surface area (Å²) in [7, 11) is 1.69. The molecule has 0 aliphatic carbocycles. The minimum Gasteiger partial charge on any atom is -0.385 e. The number of benzene rings is 1. The standard InChI is InChI=1S/C13H18N4O/c1-18-9-5-8-12(14)13-10-15-17(16-13)11-6-3-2-4-7-11/h2-4,6-7,10,12H,5,8-9,14H2,1H3. The number of ether oxygens (including phenoxy) is 1. The van der Waals surface area contributed by atoms with Crippen molar-refractivity contribution in [3.63, 3.8) is 0 Å². The maximum atomic E-state index is 6.06. The number of rotatable bonds is 6. The first-order valence-corrected chi connectivity index (χ1v) is 6.03. The summed E-state index contributed by atoms with van der Waals surface area (Å²) in [6.07, 6.45) is 3.50. The molecule has 1 aromatic carbocycles. The van der Waals surface area contributed by atoms with Gasteiger partial charge < -0.3 is 10.5 Å². The molecule has 5 nitrogen and oxygen atoms in total. The third-order valence-corrected chi connectivity index (χ3v) is 2.74. The van der Waals surface area contributed by atoms with Gasteiger partial charge in [0.15, 0.2) is 0 Å². The van der Waals surface area contributed by atoms with Crippen molar-refractivity contribution in [1.29, 1.82) is 0 Å². The van der Waals surface area contributed by atoms with E-state index < -0.39 is 0 Å². The van der Waals surface area contributed by atoms with Crippen LogP contribution in [0.25, 0.3) is 5.69 Å². The van der Waals surface area contributed by atoms with E-state index in [2.05, 4.69) is 10.2 Å². The van der Waals surface area contributed by atoms with Crippen molar-refractivity contribution in [2.45, 2.75) is 18.9 Å². The molecule has 0 bridgehead atoms. The van der Waals surface area contributed by atoms with Gasteiger partial charge in [-0.05, 0) is 25.0 Å². The lowest BCUT2D eigenvalue weighted by Gasteiger charge is -2.07. The Kier molecular flexibility index (Phi) is 4.44. The van der Waals surface area contributed by atoms with E-state index in [-0.39, 0.29) is 6.04 Å². The zero-order chi connectivity index (χ0) is 12.8. The van der Waals surface area contributed by atoms with Crippen LogP contribution in [0.15, 0.2) is 36.5 Å². The summed E-state index contributed by atoms with van der Waals surface area (Å²) in [5.74, 6) is 0. The van der Waals surface area contributed by atoms with Crippen molar-refractivity contribution in [3.8, 4) is 5.69 Å². The van der Waals surface area contributed by atoms with E-state index in [9.17, 15) is 0 Å². The largest absolute Gasteiger partial charge is 0.385 e. The Bertz CT molecular complexity index is 469. The number of nitrogens with two attached hydrogens (primary N) is 1. The fourth-order valence-electron chi connectivity index (χ4n) is 1.73. The van der Waals surface area contributed by atoms with Crippen LogP contribution in [0.1, 0.15) is 24.6 Å². The van der Waals surface area contributed by atoms with E-state index in [0.29, 0.717) is 0 Å². The summed E-state index contributed by atoms with van der Waals surface area (Å²) in [6.45, 7) is 0.723. The highest BCUT2D eigenvalue weighted by Gasteiger charge is 2.10. The van der Waals surface area contributed by atoms with Crippen LogP contribution < -0.4 is 5.73 Å². The number of hydrogen-bond acceptors (Lipinski definition) is 4. The molecule has 18 heavy (non-hydrogen) atoms. The summed E-state index contributed by atoms with van der Waals surface area (Å²) in [5.41, 5.74) is 7.81. The highest BCUT2D eigenvalue weighted by molar-refractivity contribution is 5.28. The van der Waals surface area contributed by atoms with Gasteiger partial charge in [-0.15, -0.1) is 0 Å². The van der Waals surface area contributed by atoms with Crippen LogP contribution in [-0.2, 0) is 4.74 Å². The van der Waals surface area contributed by atoms with Crippen molar-refractivity contribution in [2.75, 3.05) is 13.7 Å². The maximum absolute atomic E-state index is 6.06. The van der Waals surface area contributed by atoms with Gasteiger partial charge in [-0.25, -0.2) is 0 Å². The molecular weight excluding hydrogens is 228 g/mol. The molecule has 0 radical (unpaired) electrons. The highest BCUT2D eigenvalue weighted by atomic mass is 16.5. The van der Waals surface area contributed by atoms with Crippen LogP contribution in [0.5, 0.6) is 0 Å². The fraction of sp³-hybridized carbons (Fsp3) is 0.385. The van der Waals surface area contributed by atoms with Crippen molar-refractivity contribution in [3.05, 3.63) is 42.2 Å². The molecule has 0 amide bonds. The molecule has 2 aromatic rings. The quantitative estimate of drug-likeness (QED) is 0.788. The van der Waals surface area contributed by atoms with E-state index in [0.717, 1.165) is 30.8 Å². The summed E-state index contributed by atoms with van der Waals surface area (Å²) < 4.78 is 5.01. The van der Waals surface area contributed by atoms with Gasteiger partial charge in [-0.3, -0.25) is 0 Å². The summed E-state index contributed by atoms with van der Waals surface area (Å²) in [5, 5.41) is 8.63. The van der Waals surface area contributed by atoms with E-state index in [1.54, 1.807) is 18.1 Å². The Morgan fingerprint density at radius 3 is 2.83 bits per heavy atom. The van der Waals surface area contributed by atoms with Crippen LogP contribution in [0.4, 0.5) is 0 Å². The van der Waals surface area contributed by atoms with Crippen LogP contribution >= 0.6 is 0 Å². The minimum atomic E-state index is -0.0855. The second-order valence-corrected chi connectivity index (χ2v) is 4.14. The normalized spacial score (nSPS) is 12.6. The van der Waals surface area contributed by atoms with Crippen LogP contribution in [0.2, 0.25) is 0 Å². The first kappa shape index (κ1) is 12.7. The Balaban J connectivity index is 2.02. The summed E-state index contributed by atoms with van der Waals surface area (Å²) in [6, 6.07) is 9.70. The third-order valence-electron chi connectivity index (χ3n) is 2.74. The van der Waals surface area contributed by atoms with E-state index in [1.807, 2.05) is 30.3 Å². The van der Waals surface area contributed by atoms with Crippen molar-refractivity contribution < 1.29 is 4.74 Å². The second-order valence-electron chi connectivity index (χ2n) is 4.14. The Morgan fingerprint density at radius 1 is 1.33 bits per heavy atom. The van der Waals surface area contributed by atoms with Crippen molar-refractivity contribution in [2.24, 2.45) is 5.73 Å². The van der Waals surface area contributed by atoms with Gasteiger partial charge in [0.2, 0.25) is 0 Å². The number of aromatic nitrogens is 3. The smallest absolute Gasteiger partial charge is 0.0998 e. The molecule has 0 aliphatic heterocycles. The molecule has 2 rings (SSSR count). The van der Waals surface area contributed by atoms with Gasteiger partial charge in [0.1, 0.15) is 0 Å². The molecule has 0 saturated heterocycles. The SMILES string of the molecule is COCCCC(N)c1cnn(-c2ccccc2)n1. The second kappa shape index (κ2) is 6.28. The Labute approximate surface area is 107 Å². The number of hydrogen-bond donors (Lipinski definition) is 1. The molecule has 1 heterocycles. The predicted molar refractivity (Wildman–Crippen MR) is 69.4 cm³/mol. The van der Waals surface area contributed by atoms with E-state index in [4.69, 9.17) is 10.5 Å².